The van der Waals surface area contributed by atoms with Gasteiger partial charge >= 0.3 is 5.97 Å². The highest BCUT2D eigenvalue weighted by Gasteiger charge is 2.25. The number of aromatic amines is 1. The van der Waals surface area contributed by atoms with E-state index in [9.17, 15) is 13.2 Å². The van der Waals surface area contributed by atoms with Gasteiger partial charge in [-0.3, -0.25) is 5.10 Å². The quantitative estimate of drug-likeness (QED) is 0.495. The predicted molar refractivity (Wildman–Crippen MR) is 82.0 cm³/mol. The van der Waals surface area contributed by atoms with E-state index >= 15 is 0 Å². The molecule has 0 aliphatic heterocycles. The number of sulfonamides is 1. The number of nitrogens with zero attached hydrogens (tertiary/aromatic N) is 1. The van der Waals surface area contributed by atoms with Crippen molar-refractivity contribution >= 4 is 27.8 Å². The summed E-state index contributed by atoms with van der Waals surface area (Å²) in [7, 11) is -3.78. The number of hydrogen-bond acceptors (Lipinski definition) is 6. The lowest BCUT2D eigenvalue weighted by molar-refractivity contribution is 0.0522. The van der Waals surface area contributed by atoms with E-state index in [0.29, 0.717) is 6.54 Å². The molecule has 0 saturated heterocycles. The number of nitrogens with one attached hydrogen (secondary N) is 2. The third-order valence-electron chi connectivity index (χ3n) is 2.69. The van der Waals surface area contributed by atoms with Crippen molar-refractivity contribution in [3.05, 3.63) is 11.8 Å². The summed E-state index contributed by atoms with van der Waals surface area (Å²) in [6.07, 6.45) is 5.96. The molecule has 1 rings (SSSR count). The van der Waals surface area contributed by atoms with Crippen LogP contribution < -0.4 is 4.72 Å². The highest BCUT2D eigenvalue weighted by molar-refractivity contribution is 7.98. The van der Waals surface area contributed by atoms with Crippen molar-refractivity contribution in [3.8, 4) is 0 Å². The Morgan fingerprint density at radius 2 is 2.19 bits per heavy atom. The third-order valence-corrected chi connectivity index (χ3v) is 4.82. The summed E-state index contributed by atoms with van der Waals surface area (Å²) in [5.74, 6) is 0.368. The fourth-order valence-corrected chi connectivity index (χ4v) is 3.31. The van der Waals surface area contributed by atoms with E-state index in [4.69, 9.17) is 4.74 Å². The predicted octanol–water partition coefficient (Wildman–Crippen LogP) is 1.40. The summed E-state index contributed by atoms with van der Waals surface area (Å²) in [6, 6.07) is 0. The molecular formula is C12H21N3O4S2. The maximum Gasteiger partial charge on any atom is 0.342 e. The number of aromatic nitrogens is 2. The molecule has 0 amide bonds. The molecule has 0 aliphatic rings. The molecule has 1 aromatic heterocycles. The zero-order valence-electron chi connectivity index (χ0n) is 12.2. The Bertz CT molecular complexity index is 542. The van der Waals surface area contributed by atoms with Crippen LogP contribution in [0.15, 0.2) is 11.2 Å². The molecule has 0 unspecified atom stereocenters. The first-order valence-electron chi connectivity index (χ1n) is 6.72. The van der Waals surface area contributed by atoms with Crippen molar-refractivity contribution < 1.29 is 17.9 Å². The molecule has 2 N–H and O–H groups in total. The van der Waals surface area contributed by atoms with Crippen LogP contribution in [0.3, 0.4) is 0 Å². The van der Waals surface area contributed by atoms with E-state index in [0.717, 1.165) is 31.2 Å². The molecule has 21 heavy (non-hydrogen) atoms. The normalized spacial score (nSPS) is 11.5. The number of rotatable bonds is 10. The maximum atomic E-state index is 12.1. The Hall–Kier alpha value is -1.06. The zero-order valence-corrected chi connectivity index (χ0v) is 13.8. The summed E-state index contributed by atoms with van der Waals surface area (Å²) in [4.78, 5) is 11.6. The molecule has 0 radical (unpaired) electrons. The van der Waals surface area contributed by atoms with Gasteiger partial charge in [0.05, 0.1) is 12.8 Å². The minimum Gasteiger partial charge on any atom is -0.462 e. The van der Waals surface area contributed by atoms with Crippen molar-refractivity contribution in [2.24, 2.45) is 0 Å². The average molecular weight is 335 g/mol. The van der Waals surface area contributed by atoms with Gasteiger partial charge in [-0.25, -0.2) is 17.9 Å². The van der Waals surface area contributed by atoms with Crippen molar-refractivity contribution in [2.45, 2.75) is 31.2 Å². The molecule has 0 aromatic carbocycles. The van der Waals surface area contributed by atoms with Crippen LogP contribution >= 0.6 is 11.8 Å². The lowest BCUT2D eigenvalue weighted by Crippen LogP contribution is -2.27. The molecule has 7 nitrogen and oxygen atoms in total. The van der Waals surface area contributed by atoms with Gasteiger partial charge in [-0.05, 0) is 31.8 Å². The molecule has 120 valence electrons. The Kier molecular flexibility index (Phi) is 7.76. The van der Waals surface area contributed by atoms with E-state index < -0.39 is 16.0 Å². The van der Waals surface area contributed by atoms with Gasteiger partial charge in [0, 0.05) is 6.54 Å². The van der Waals surface area contributed by atoms with E-state index in [1.807, 2.05) is 6.26 Å². The molecule has 0 fully saturated rings. The zero-order chi connectivity index (χ0) is 15.7. The number of unbranched alkanes of at least 4 members (excludes halogenated alkanes) is 2. The number of ether oxygens (including phenoxy) is 1. The van der Waals surface area contributed by atoms with Gasteiger partial charge < -0.3 is 4.74 Å². The lowest BCUT2D eigenvalue weighted by Gasteiger charge is -2.06. The lowest BCUT2D eigenvalue weighted by atomic mass is 10.2. The Morgan fingerprint density at radius 1 is 1.43 bits per heavy atom. The number of hydrogen-bond donors (Lipinski definition) is 2. The second-order valence-electron chi connectivity index (χ2n) is 4.28. The Balaban J connectivity index is 2.59. The van der Waals surface area contributed by atoms with Crippen molar-refractivity contribution in [2.75, 3.05) is 25.2 Å². The average Bonchev–Trinajstić information content (AvgIpc) is 2.93. The molecule has 0 aliphatic carbocycles. The van der Waals surface area contributed by atoms with Crippen LogP contribution in [0.2, 0.25) is 0 Å². The SMILES string of the molecule is CCOC(=O)c1cn[nH]c1S(=O)(=O)NCCCCCSC. The first-order chi connectivity index (χ1) is 10.0. The molecule has 0 bridgehead atoms. The smallest absolute Gasteiger partial charge is 0.342 e. The first kappa shape index (κ1) is 18.0. The number of esters is 1. The summed E-state index contributed by atoms with van der Waals surface area (Å²) < 4.78 is 31.5. The van der Waals surface area contributed by atoms with Crippen LogP contribution in [0.4, 0.5) is 0 Å². The fraction of sp³-hybridized carbons (Fsp3) is 0.667. The maximum absolute atomic E-state index is 12.1. The van der Waals surface area contributed by atoms with Crippen molar-refractivity contribution in [3.63, 3.8) is 0 Å². The number of thioether (sulfide) groups is 1. The van der Waals surface area contributed by atoms with E-state index in [-0.39, 0.29) is 17.2 Å². The van der Waals surface area contributed by atoms with Crippen molar-refractivity contribution in [1.29, 1.82) is 0 Å². The topological polar surface area (TPSA) is 101 Å². The van der Waals surface area contributed by atoms with Gasteiger partial charge in [-0.1, -0.05) is 6.42 Å². The largest absolute Gasteiger partial charge is 0.462 e. The van der Waals surface area contributed by atoms with Crippen LogP contribution in [0.5, 0.6) is 0 Å². The summed E-state index contributed by atoms with van der Waals surface area (Å²) in [5, 5.41) is 5.71. The standard InChI is InChI=1S/C12H21N3O4S2/c1-3-19-12(16)10-9-13-15-11(10)21(17,18)14-7-5-4-6-8-20-2/h9,14H,3-8H2,1-2H3,(H,13,15). The molecule has 0 spiro atoms. The van der Waals surface area contributed by atoms with Crippen molar-refractivity contribution in [1.82, 2.24) is 14.9 Å². The van der Waals surface area contributed by atoms with Crippen LogP contribution in [0.25, 0.3) is 0 Å². The van der Waals surface area contributed by atoms with Crippen LogP contribution in [-0.4, -0.2) is 49.7 Å². The van der Waals surface area contributed by atoms with Gasteiger partial charge in [0.15, 0.2) is 5.03 Å². The highest BCUT2D eigenvalue weighted by atomic mass is 32.2. The Labute approximate surface area is 129 Å². The molecule has 0 atom stereocenters. The second-order valence-corrected chi connectivity index (χ2v) is 6.97. The highest BCUT2D eigenvalue weighted by Crippen LogP contribution is 2.13. The molecular weight excluding hydrogens is 314 g/mol. The minimum absolute atomic E-state index is 0.0771. The van der Waals surface area contributed by atoms with Crippen LogP contribution in [-0.2, 0) is 14.8 Å². The molecule has 1 heterocycles. The third kappa shape index (κ3) is 5.68. The van der Waals surface area contributed by atoms with E-state index in [1.54, 1.807) is 18.7 Å². The van der Waals surface area contributed by atoms with Crippen LogP contribution in [0, 0.1) is 0 Å². The van der Waals surface area contributed by atoms with Gasteiger partial charge in [0.1, 0.15) is 5.56 Å². The minimum atomic E-state index is -3.78. The number of carbonyl (C=O) groups excluding carboxylic acids is 1. The summed E-state index contributed by atoms with van der Waals surface area (Å²) >= 11 is 1.77. The molecule has 1 aromatic rings. The monoisotopic (exact) mass is 335 g/mol. The van der Waals surface area contributed by atoms with E-state index in [1.165, 1.54) is 0 Å². The van der Waals surface area contributed by atoms with Gasteiger partial charge in [0.25, 0.3) is 10.0 Å². The van der Waals surface area contributed by atoms with Gasteiger partial charge in [-0.2, -0.15) is 16.9 Å². The number of H-pyrrole nitrogens is 1. The fourth-order valence-electron chi connectivity index (χ4n) is 1.66. The molecule has 9 heteroatoms. The van der Waals surface area contributed by atoms with Crippen LogP contribution in [0.1, 0.15) is 36.5 Å². The second kappa shape index (κ2) is 9.06. The van der Waals surface area contributed by atoms with Gasteiger partial charge in [-0.15, -0.1) is 0 Å². The Morgan fingerprint density at radius 3 is 2.86 bits per heavy atom. The summed E-state index contributed by atoms with van der Waals surface area (Å²) in [6.45, 7) is 2.16. The first-order valence-corrected chi connectivity index (χ1v) is 9.59. The number of carbonyl (C=O) groups is 1. The van der Waals surface area contributed by atoms with Gasteiger partial charge in [0.2, 0.25) is 0 Å². The molecule has 0 saturated carbocycles. The summed E-state index contributed by atoms with van der Waals surface area (Å²) in [5.41, 5.74) is -0.0771. The van der Waals surface area contributed by atoms with E-state index in [2.05, 4.69) is 14.9 Å².